The lowest BCUT2D eigenvalue weighted by Gasteiger charge is -2.35. The van der Waals surface area contributed by atoms with Crippen LogP contribution in [-0.2, 0) is 0 Å². The molecule has 88 valence electrons. The molecule has 0 unspecified atom stereocenters. The third kappa shape index (κ3) is 3.56. The highest BCUT2D eigenvalue weighted by molar-refractivity contribution is 14.1. The van der Waals surface area contributed by atoms with Crippen LogP contribution in [0.4, 0.5) is 0 Å². The maximum Gasteiger partial charge on any atom is 0.0112 e. The Balaban J connectivity index is 1.82. The maximum absolute atomic E-state index is 2.76. The lowest BCUT2D eigenvalue weighted by molar-refractivity contribution is 0.164. The van der Waals surface area contributed by atoms with Crippen LogP contribution in [0, 0.1) is 0 Å². The predicted molar refractivity (Wildman–Crippen MR) is 73.8 cm³/mol. The maximum atomic E-state index is 2.76. The second-order valence-corrected chi connectivity index (χ2v) is 6.86. The molecule has 1 aliphatic heterocycles. The van der Waals surface area contributed by atoms with E-state index in [-0.39, 0.29) is 0 Å². The van der Waals surface area contributed by atoms with Crippen LogP contribution in [0.2, 0.25) is 0 Å². The third-order valence-electron chi connectivity index (χ3n) is 3.90. The van der Waals surface area contributed by atoms with Crippen LogP contribution in [0.3, 0.4) is 0 Å². The van der Waals surface area contributed by atoms with Crippen LogP contribution in [0.15, 0.2) is 0 Å². The quantitative estimate of drug-likeness (QED) is 0.540. The van der Waals surface area contributed by atoms with Crippen LogP contribution >= 0.6 is 22.6 Å². The van der Waals surface area contributed by atoms with E-state index in [0.29, 0.717) is 0 Å². The summed E-state index contributed by atoms with van der Waals surface area (Å²) in [4.78, 5) is 5.23. The number of rotatable bonds is 1. The minimum Gasteiger partial charge on any atom is -0.305 e. The summed E-state index contributed by atoms with van der Waals surface area (Å²) in [5, 5.41) is 0. The van der Waals surface area contributed by atoms with Gasteiger partial charge in [0.25, 0.3) is 0 Å². The van der Waals surface area contributed by atoms with Gasteiger partial charge in [-0.05, 0) is 52.2 Å². The highest BCUT2D eigenvalue weighted by atomic mass is 127. The predicted octanol–water partition coefficient (Wildman–Crippen LogP) is 2.37. The molecule has 0 atom stereocenters. The first-order valence-electron chi connectivity index (χ1n) is 6.32. The van der Waals surface area contributed by atoms with Crippen molar-refractivity contribution in [3.8, 4) is 0 Å². The van der Waals surface area contributed by atoms with Crippen molar-refractivity contribution in [3.05, 3.63) is 0 Å². The van der Waals surface area contributed by atoms with Crippen LogP contribution in [0.25, 0.3) is 0 Å². The van der Waals surface area contributed by atoms with Crippen molar-refractivity contribution in [1.29, 1.82) is 0 Å². The van der Waals surface area contributed by atoms with Gasteiger partial charge in [-0.25, -0.2) is 0 Å². The molecule has 2 aliphatic rings. The SMILES string of the molecule is CN1CCCN([C@H]2CC[C@H](I)CC2)CC1. The summed E-state index contributed by atoms with van der Waals surface area (Å²) in [7, 11) is 2.26. The van der Waals surface area contributed by atoms with Crippen molar-refractivity contribution >= 4 is 22.6 Å². The van der Waals surface area contributed by atoms with E-state index < -0.39 is 0 Å². The van der Waals surface area contributed by atoms with Gasteiger partial charge in [0.1, 0.15) is 0 Å². The Morgan fingerprint density at radius 1 is 0.933 bits per heavy atom. The van der Waals surface area contributed by atoms with Crippen LogP contribution in [0.1, 0.15) is 32.1 Å². The van der Waals surface area contributed by atoms with E-state index in [2.05, 4.69) is 39.4 Å². The van der Waals surface area contributed by atoms with Gasteiger partial charge >= 0.3 is 0 Å². The molecule has 0 radical (unpaired) electrons. The third-order valence-corrected chi connectivity index (χ3v) is 5.14. The molecular formula is C12H23IN2. The standard InChI is InChI=1S/C12H23IN2/c1-14-7-2-8-15(10-9-14)12-5-3-11(13)4-6-12/h11-12H,2-10H2,1H3/t11-,12-. The molecule has 1 saturated carbocycles. The summed E-state index contributed by atoms with van der Waals surface area (Å²) in [6.07, 6.45) is 7.13. The first-order valence-corrected chi connectivity index (χ1v) is 7.57. The van der Waals surface area contributed by atoms with Crippen LogP contribution in [-0.4, -0.2) is 53.0 Å². The largest absolute Gasteiger partial charge is 0.305 e. The van der Waals surface area contributed by atoms with Gasteiger partial charge in [0.15, 0.2) is 0 Å². The first-order chi connectivity index (χ1) is 7.25. The lowest BCUT2D eigenvalue weighted by Crippen LogP contribution is -2.40. The Bertz CT molecular complexity index is 190. The monoisotopic (exact) mass is 322 g/mol. The van der Waals surface area contributed by atoms with Gasteiger partial charge in [-0.1, -0.05) is 22.6 Å². The Labute approximate surface area is 108 Å². The highest BCUT2D eigenvalue weighted by Crippen LogP contribution is 2.28. The van der Waals surface area contributed by atoms with Crippen molar-refractivity contribution < 1.29 is 0 Å². The van der Waals surface area contributed by atoms with E-state index in [4.69, 9.17) is 0 Å². The number of hydrogen-bond acceptors (Lipinski definition) is 2. The Morgan fingerprint density at radius 3 is 2.40 bits per heavy atom. The Kier molecular flexibility index (Phi) is 4.70. The molecule has 0 spiro atoms. The molecule has 1 heterocycles. The molecule has 2 fully saturated rings. The smallest absolute Gasteiger partial charge is 0.0112 e. The average Bonchev–Trinajstić information content (AvgIpc) is 2.44. The fourth-order valence-corrected chi connectivity index (χ4v) is 3.55. The Hall–Kier alpha value is 0.650. The summed E-state index contributed by atoms with van der Waals surface area (Å²) >= 11 is 2.62. The zero-order chi connectivity index (χ0) is 10.7. The van der Waals surface area contributed by atoms with E-state index in [1.54, 1.807) is 0 Å². The summed E-state index contributed by atoms with van der Waals surface area (Å²) in [5.74, 6) is 0. The van der Waals surface area contributed by atoms with E-state index in [9.17, 15) is 0 Å². The summed E-state index contributed by atoms with van der Waals surface area (Å²) in [6, 6.07) is 0.905. The van der Waals surface area contributed by atoms with Crippen LogP contribution in [0.5, 0.6) is 0 Å². The van der Waals surface area contributed by atoms with Gasteiger partial charge in [-0.3, -0.25) is 4.90 Å². The van der Waals surface area contributed by atoms with Crippen LogP contribution < -0.4 is 0 Å². The number of likely N-dealkylation sites (N-methyl/N-ethyl adjacent to an activating group) is 1. The molecule has 0 aromatic rings. The normalized spacial score (nSPS) is 36.4. The average molecular weight is 322 g/mol. The summed E-state index contributed by atoms with van der Waals surface area (Å²) in [6.45, 7) is 5.19. The molecule has 1 saturated heterocycles. The van der Waals surface area contributed by atoms with E-state index >= 15 is 0 Å². The van der Waals surface area contributed by atoms with Crippen molar-refractivity contribution in [2.75, 3.05) is 33.2 Å². The number of halogens is 1. The zero-order valence-corrected chi connectivity index (χ0v) is 11.9. The van der Waals surface area contributed by atoms with Crippen molar-refractivity contribution in [2.45, 2.75) is 42.1 Å². The summed E-state index contributed by atoms with van der Waals surface area (Å²) < 4.78 is 0.952. The van der Waals surface area contributed by atoms with Gasteiger partial charge < -0.3 is 4.90 Å². The minimum atomic E-state index is 0.905. The van der Waals surface area contributed by atoms with Gasteiger partial charge in [0.2, 0.25) is 0 Å². The molecule has 0 N–H and O–H groups in total. The topological polar surface area (TPSA) is 6.48 Å². The first kappa shape index (κ1) is 12.1. The fraction of sp³-hybridized carbons (Fsp3) is 1.00. The lowest BCUT2D eigenvalue weighted by atomic mass is 9.94. The van der Waals surface area contributed by atoms with Gasteiger partial charge in [-0.15, -0.1) is 0 Å². The van der Waals surface area contributed by atoms with Gasteiger partial charge in [0.05, 0.1) is 0 Å². The molecule has 0 bridgehead atoms. The van der Waals surface area contributed by atoms with E-state index in [1.165, 1.54) is 58.3 Å². The number of nitrogens with zero attached hydrogens (tertiary/aromatic N) is 2. The molecule has 2 rings (SSSR count). The molecule has 1 aliphatic carbocycles. The van der Waals surface area contributed by atoms with E-state index in [0.717, 1.165) is 9.97 Å². The molecule has 0 aromatic carbocycles. The Morgan fingerprint density at radius 2 is 1.67 bits per heavy atom. The zero-order valence-electron chi connectivity index (χ0n) is 9.79. The molecule has 3 heteroatoms. The highest BCUT2D eigenvalue weighted by Gasteiger charge is 2.25. The number of hydrogen-bond donors (Lipinski definition) is 0. The van der Waals surface area contributed by atoms with Crippen molar-refractivity contribution in [3.63, 3.8) is 0 Å². The fourth-order valence-electron chi connectivity index (χ4n) is 2.83. The molecule has 0 amide bonds. The molecule has 15 heavy (non-hydrogen) atoms. The molecule has 2 nitrogen and oxygen atoms in total. The van der Waals surface area contributed by atoms with Crippen molar-refractivity contribution in [2.24, 2.45) is 0 Å². The second-order valence-electron chi connectivity index (χ2n) is 5.10. The van der Waals surface area contributed by atoms with Gasteiger partial charge in [0, 0.05) is 23.1 Å². The van der Waals surface area contributed by atoms with Gasteiger partial charge in [-0.2, -0.15) is 0 Å². The summed E-state index contributed by atoms with van der Waals surface area (Å²) in [5.41, 5.74) is 0. The molecular weight excluding hydrogens is 299 g/mol. The molecule has 0 aromatic heterocycles. The second kappa shape index (κ2) is 5.82. The van der Waals surface area contributed by atoms with Crippen molar-refractivity contribution in [1.82, 2.24) is 9.80 Å². The van der Waals surface area contributed by atoms with E-state index in [1.807, 2.05) is 0 Å². The minimum absolute atomic E-state index is 0.905. The number of alkyl halides is 1.